The summed E-state index contributed by atoms with van der Waals surface area (Å²) in [6.45, 7) is 1.73. The number of carboxylic acids is 1. The van der Waals surface area contributed by atoms with E-state index in [9.17, 15) is 18.0 Å². The lowest BCUT2D eigenvalue weighted by Gasteiger charge is -2.27. The zero-order valence-electron chi connectivity index (χ0n) is 11.1. The molecule has 1 N–H and O–H groups in total. The van der Waals surface area contributed by atoms with Crippen LogP contribution in [0.15, 0.2) is 30.4 Å². The Balaban J connectivity index is 2.33. The fraction of sp³-hybridized carbons (Fsp3) is 0.357. The smallest absolute Gasteiger partial charge is 0.483 e. The molecule has 0 aliphatic heterocycles. The van der Waals surface area contributed by atoms with Gasteiger partial charge in [-0.3, -0.25) is 0 Å². The van der Waals surface area contributed by atoms with Crippen LogP contribution in [0.5, 0.6) is 11.5 Å². The number of halogens is 3. The quantitative estimate of drug-likeness (QED) is 0.860. The van der Waals surface area contributed by atoms with Gasteiger partial charge in [0, 0.05) is 12.8 Å². The van der Waals surface area contributed by atoms with E-state index in [-0.39, 0.29) is 11.3 Å². The van der Waals surface area contributed by atoms with Gasteiger partial charge in [-0.25, -0.2) is 4.79 Å². The monoisotopic (exact) mass is 302 g/mol. The van der Waals surface area contributed by atoms with Crippen LogP contribution < -0.4 is 9.47 Å². The van der Waals surface area contributed by atoms with Gasteiger partial charge in [0.2, 0.25) is 0 Å². The zero-order chi connectivity index (χ0) is 15.7. The summed E-state index contributed by atoms with van der Waals surface area (Å²) < 4.78 is 46.6. The maximum absolute atomic E-state index is 12.4. The highest BCUT2D eigenvalue weighted by atomic mass is 19.4. The topological polar surface area (TPSA) is 55.8 Å². The van der Waals surface area contributed by atoms with Crippen LogP contribution in [-0.2, 0) is 0 Å². The number of ether oxygens (including phenoxy) is 2. The van der Waals surface area contributed by atoms with Crippen molar-refractivity contribution in [3.8, 4) is 11.5 Å². The van der Waals surface area contributed by atoms with Gasteiger partial charge < -0.3 is 14.6 Å². The molecule has 114 valence electrons. The lowest BCUT2D eigenvalue weighted by Crippen LogP contribution is -2.29. The summed E-state index contributed by atoms with van der Waals surface area (Å²) in [5.74, 6) is -2.05. The average molecular weight is 302 g/mol. The van der Waals surface area contributed by atoms with Crippen molar-refractivity contribution in [2.75, 3.05) is 0 Å². The molecular formula is C14H13F3O4. The minimum absolute atomic E-state index is 0.172. The molecular weight excluding hydrogens is 289 g/mol. The Hall–Kier alpha value is -2.18. The second-order valence-electron chi connectivity index (χ2n) is 4.95. The van der Waals surface area contributed by atoms with E-state index in [1.165, 1.54) is 0 Å². The first-order valence-corrected chi connectivity index (χ1v) is 6.16. The van der Waals surface area contributed by atoms with Gasteiger partial charge in [0.25, 0.3) is 0 Å². The molecule has 1 aromatic rings. The van der Waals surface area contributed by atoms with Gasteiger partial charge >= 0.3 is 12.3 Å². The van der Waals surface area contributed by atoms with Crippen LogP contribution in [0.1, 0.15) is 30.1 Å². The van der Waals surface area contributed by atoms with Crippen molar-refractivity contribution < 1.29 is 32.5 Å². The van der Waals surface area contributed by atoms with Gasteiger partial charge in [-0.1, -0.05) is 12.2 Å². The lowest BCUT2D eigenvalue weighted by atomic mass is 10.0. The van der Waals surface area contributed by atoms with Crippen LogP contribution in [-0.4, -0.2) is 23.0 Å². The molecule has 4 nitrogen and oxygen atoms in total. The molecule has 7 heteroatoms. The van der Waals surface area contributed by atoms with Crippen LogP contribution in [0, 0.1) is 0 Å². The maximum Gasteiger partial charge on any atom is 0.573 e. The van der Waals surface area contributed by atoms with E-state index < -0.39 is 23.7 Å². The highest BCUT2D eigenvalue weighted by molar-refractivity contribution is 5.88. The van der Waals surface area contributed by atoms with E-state index >= 15 is 0 Å². The molecule has 1 aromatic carbocycles. The Morgan fingerprint density at radius 3 is 2.38 bits per heavy atom. The van der Waals surface area contributed by atoms with Crippen LogP contribution in [0.3, 0.4) is 0 Å². The molecule has 0 aromatic heterocycles. The van der Waals surface area contributed by atoms with Crippen LogP contribution >= 0.6 is 0 Å². The van der Waals surface area contributed by atoms with E-state index in [0.717, 1.165) is 18.2 Å². The minimum Gasteiger partial charge on any atom is -0.483 e. The standard InChI is InChI=1S/C14H13F3O4/c1-13(6-2-3-7-13)20-11-8-9(12(18)19)4-5-10(11)21-14(15,16)17/h2-5,8H,6-7H2,1H3,(H,18,19). The highest BCUT2D eigenvalue weighted by Gasteiger charge is 2.34. The number of carbonyl (C=O) groups is 1. The third kappa shape index (κ3) is 3.90. The van der Waals surface area contributed by atoms with Crippen molar-refractivity contribution in [3.05, 3.63) is 35.9 Å². The Bertz CT molecular complexity index is 570. The predicted molar refractivity (Wildman–Crippen MR) is 67.5 cm³/mol. The Kier molecular flexibility index (Phi) is 3.85. The number of alkyl halides is 3. The Labute approximate surface area is 118 Å². The number of aromatic carboxylic acids is 1. The number of carboxylic acid groups (broad SMARTS) is 1. The van der Waals surface area contributed by atoms with Crippen molar-refractivity contribution in [2.24, 2.45) is 0 Å². The third-order valence-electron chi connectivity index (χ3n) is 3.04. The van der Waals surface area contributed by atoms with Crippen LogP contribution in [0.25, 0.3) is 0 Å². The number of rotatable bonds is 4. The van der Waals surface area contributed by atoms with E-state index in [0.29, 0.717) is 12.8 Å². The predicted octanol–water partition coefficient (Wildman–Crippen LogP) is 3.77. The van der Waals surface area contributed by atoms with Crippen LogP contribution in [0.2, 0.25) is 0 Å². The molecule has 2 rings (SSSR count). The van der Waals surface area contributed by atoms with Crippen molar-refractivity contribution in [2.45, 2.75) is 31.7 Å². The summed E-state index contributed by atoms with van der Waals surface area (Å²) in [6, 6.07) is 3.01. The molecule has 1 aliphatic carbocycles. The molecule has 0 unspecified atom stereocenters. The fourth-order valence-electron chi connectivity index (χ4n) is 2.03. The molecule has 0 saturated carbocycles. The Morgan fingerprint density at radius 2 is 1.86 bits per heavy atom. The molecule has 0 heterocycles. The second-order valence-corrected chi connectivity index (χ2v) is 4.95. The van der Waals surface area contributed by atoms with E-state index in [4.69, 9.17) is 9.84 Å². The van der Waals surface area contributed by atoms with Gasteiger partial charge in [0.1, 0.15) is 5.60 Å². The molecule has 1 aliphatic rings. The number of hydrogen-bond donors (Lipinski definition) is 1. The van der Waals surface area contributed by atoms with Gasteiger partial charge in [-0.15, -0.1) is 13.2 Å². The second kappa shape index (κ2) is 5.31. The SMILES string of the molecule is CC1(Oc2cc(C(=O)O)ccc2OC(F)(F)F)CC=CC1. The van der Waals surface area contributed by atoms with E-state index in [2.05, 4.69) is 4.74 Å². The number of benzene rings is 1. The molecule has 0 radical (unpaired) electrons. The average Bonchev–Trinajstić information content (AvgIpc) is 2.76. The van der Waals surface area contributed by atoms with Crippen molar-refractivity contribution >= 4 is 5.97 Å². The van der Waals surface area contributed by atoms with Gasteiger partial charge in [0.05, 0.1) is 5.56 Å². The molecule has 21 heavy (non-hydrogen) atoms. The summed E-state index contributed by atoms with van der Waals surface area (Å²) >= 11 is 0. The number of hydrogen-bond acceptors (Lipinski definition) is 3. The van der Waals surface area contributed by atoms with E-state index in [1.54, 1.807) is 6.92 Å². The maximum atomic E-state index is 12.4. The Morgan fingerprint density at radius 1 is 1.24 bits per heavy atom. The van der Waals surface area contributed by atoms with E-state index in [1.807, 2.05) is 12.2 Å². The van der Waals surface area contributed by atoms with Crippen LogP contribution in [0.4, 0.5) is 13.2 Å². The highest BCUT2D eigenvalue weighted by Crippen LogP contribution is 2.38. The van der Waals surface area contributed by atoms with Crippen molar-refractivity contribution in [1.29, 1.82) is 0 Å². The first-order chi connectivity index (χ1) is 9.69. The first kappa shape index (κ1) is 15.2. The zero-order valence-corrected chi connectivity index (χ0v) is 11.1. The van der Waals surface area contributed by atoms with Crippen molar-refractivity contribution in [3.63, 3.8) is 0 Å². The molecule has 0 atom stereocenters. The van der Waals surface area contributed by atoms with Gasteiger partial charge in [0.15, 0.2) is 11.5 Å². The van der Waals surface area contributed by atoms with Gasteiger partial charge in [-0.05, 0) is 25.1 Å². The molecule has 0 spiro atoms. The molecule has 0 bridgehead atoms. The third-order valence-corrected chi connectivity index (χ3v) is 3.04. The summed E-state index contributed by atoms with van der Waals surface area (Å²) in [6.07, 6.45) is -0.125. The summed E-state index contributed by atoms with van der Waals surface area (Å²) in [7, 11) is 0. The largest absolute Gasteiger partial charge is 0.573 e. The summed E-state index contributed by atoms with van der Waals surface area (Å²) in [5, 5.41) is 8.93. The molecule has 0 saturated heterocycles. The summed E-state index contributed by atoms with van der Waals surface area (Å²) in [4.78, 5) is 10.9. The normalized spacial score (nSPS) is 16.8. The lowest BCUT2D eigenvalue weighted by molar-refractivity contribution is -0.275. The molecule has 0 amide bonds. The fourth-order valence-corrected chi connectivity index (χ4v) is 2.03. The van der Waals surface area contributed by atoms with Gasteiger partial charge in [-0.2, -0.15) is 0 Å². The van der Waals surface area contributed by atoms with Crippen molar-refractivity contribution in [1.82, 2.24) is 0 Å². The summed E-state index contributed by atoms with van der Waals surface area (Å²) in [5.41, 5.74) is -0.880. The first-order valence-electron chi connectivity index (χ1n) is 6.16. The molecule has 0 fully saturated rings. The minimum atomic E-state index is -4.88.